The quantitative estimate of drug-likeness (QED) is 0.404. The molecule has 0 bridgehead atoms. The van der Waals surface area contributed by atoms with Gasteiger partial charge in [0.15, 0.2) is 0 Å². The maximum Gasteiger partial charge on any atom is 0.345 e. The number of esters is 1. The summed E-state index contributed by atoms with van der Waals surface area (Å²) in [5, 5.41) is 0.733. The Morgan fingerprint density at radius 1 is 1.11 bits per heavy atom. The summed E-state index contributed by atoms with van der Waals surface area (Å²) in [4.78, 5) is 12.2. The highest BCUT2D eigenvalue weighted by Crippen LogP contribution is 2.32. The first kappa shape index (κ1) is 20.4. The van der Waals surface area contributed by atoms with Crippen LogP contribution in [0.15, 0.2) is 57.9 Å². The number of aromatic nitrogens is 1. The van der Waals surface area contributed by atoms with Crippen LogP contribution in [0, 0.1) is 13.8 Å². The highest BCUT2D eigenvalue weighted by molar-refractivity contribution is 9.12. The Morgan fingerprint density at radius 3 is 2.39 bits per heavy atom. The normalized spacial score (nSPS) is 12.4. The summed E-state index contributed by atoms with van der Waals surface area (Å²) in [6.45, 7) is 5.61. The van der Waals surface area contributed by atoms with Gasteiger partial charge in [0.05, 0.1) is 17.0 Å². The van der Waals surface area contributed by atoms with Gasteiger partial charge in [0.1, 0.15) is 4.48 Å². The number of fused-ring (bicyclic) bond motifs is 1. The molecule has 5 nitrogen and oxygen atoms in total. The lowest BCUT2D eigenvalue weighted by atomic mass is 10.1. The minimum atomic E-state index is -3.80. The first-order valence-electron chi connectivity index (χ1n) is 8.74. The predicted molar refractivity (Wildman–Crippen MR) is 114 cm³/mol. The molecule has 0 unspecified atom stereocenters. The summed E-state index contributed by atoms with van der Waals surface area (Å²) in [7, 11) is -3.80. The van der Waals surface area contributed by atoms with Gasteiger partial charge in [0.25, 0.3) is 10.0 Å². The minimum Gasteiger partial charge on any atom is -0.462 e. The Morgan fingerprint density at radius 2 is 1.75 bits per heavy atom. The van der Waals surface area contributed by atoms with E-state index in [9.17, 15) is 13.2 Å². The summed E-state index contributed by atoms with van der Waals surface area (Å²) in [6.07, 6.45) is 1.61. The third-order valence-electron chi connectivity index (χ3n) is 4.41. The van der Waals surface area contributed by atoms with E-state index in [0.29, 0.717) is 16.8 Å². The number of benzene rings is 2. The second kappa shape index (κ2) is 7.93. The van der Waals surface area contributed by atoms with E-state index in [4.69, 9.17) is 4.74 Å². The standard InChI is InChI=1S/C21H20BrNO4S/c1-4-27-21(24)19(22)13-18-15(3)23(20-8-6-5-7-17(18)20)28(25,26)16-11-9-14(2)10-12-16/h5-13H,4H2,1-3H3/b19-13-. The molecule has 0 spiro atoms. The summed E-state index contributed by atoms with van der Waals surface area (Å²) in [6, 6.07) is 13.9. The van der Waals surface area contributed by atoms with Crippen molar-refractivity contribution >= 4 is 48.9 Å². The van der Waals surface area contributed by atoms with Crippen LogP contribution < -0.4 is 0 Å². The number of ether oxygens (including phenoxy) is 1. The number of para-hydroxylation sites is 1. The molecule has 146 valence electrons. The molecule has 7 heteroatoms. The van der Waals surface area contributed by atoms with Crippen molar-refractivity contribution in [1.82, 2.24) is 3.97 Å². The van der Waals surface area contributed by atoms with Gasteiger partial charge in [-0.2, -0.15) is 0 Å². The Hall–Kier alpha value is -2.38. The molecule has 1 heterocycles. The summed E-state index contributed by atoms with van der Waals surface area (Å²) < 4.78 is 33.3. The van der Waals surface area contributed by atoms with Crippen LogP contribution in [0.1, 0.15) is 23.7 Å². The fourth-order valence-electron chi connectivity index (χ4n) is 3.06. The zero-order chi connectivity index (χ0) is 20.5. The number of rotatable bonds is 5. The number of carbonyl (C=O) groups excluding carboxylic acids is 1. The highest BCUT2D eigenvalue weighted by Gasteiger charge is 2.24. The van der Waals surface area contributed by atoms with E-state index < -0.39 is 16.0 Å². The molecule has 0 saturated carbocycles. The lowest BCUT2D eigenvalue weighted by molar-refractivity contribution is -0.137. The molecular weight excluding hydrogens is 442 g/mol. The molecule has 0 amide bonds. The maximum absolute atomic E-state index is 13.4. The number of aryl methyl sites for hydroxylation is 1. The first-order chi connectivity index (χ1) is 13.3. The topological polar surface area (TPSA) is 65.4 Å². The van der Waals surface area contributed by atoms with Crippen LogP contribution in [-0.4, -0.2) is 25.0 Å². The van der Waals surface area contributed by atoms with Crippen molar-refractivity contribution in [2.75, 3.05) is 6.61 Å². The van der Waals surface area contributed by atoms with E-state index in [1.54, 1.807) is 56.3 Å². The maximum atomic E-state index is 13.4. The Balaban J connectivity index is 2.26. The Kier molecular flexibility index (Phi) is 5.76. The van der Waals surface area contributed by atoms with Gasteiger partial charge in [0, 0.05) is 16.6 Å². The van der Waals surface area contributed by atoms with Gasteiger partial charge in [-0.15, -0.1) is 0 Å². The van der Waals surface area contributed by atoms with E-state index in [1.165, 1.54) is 3.97 Å². The van der Waals surface area contributed by atoms with E-state index in [-0.39, 0.29) is 16.0 Å². The van der Waals surface area contributed by atoms with Crippen LogP contribution in [0.4, 0.5) is 0 Å². The SMILES string of the molecule is CCOC(=O)/C(Br)=C/c1c(C)n(S(=O)(=O)c2ccc(C)cc2)c2ccccc12. The number of carbonyl (C=O) groups is 1. The summed E-state index contributed by atoms with van der Waals surface area (Å²) in [5.41, 5.74) is 2.69. The molecule has 3 aromatic rings. The molecule has 0 radical (unpaired) electrons. The van der Waals surface area contributed by atoms with Gasteiger partial charge in [-0.3, -0.25) is 0 Å². The van der Waals surface area contributed by atoms with Crippen LogP contribution in [0.3, 0.4) is 0 Å². The van der Waals surface area contributed by atoms with E-state index in [1.807, 2.05) is 19.1 Å². The molecule has 0 aliphatic rings. The molecule has 1 aromatic heterocycles. The zero-order valence-electron chi connectivity index (χ0n) is 15.8. The number of hydrogen-bond acceptors (Lipinski definition) is 4. The lowest BCUT2D eigenvalue weighted by Gasteiger charge is -2.10. The minimum absolute atomic E-state index is 0.210. The largest absolute Gasteiger partial charge is 0.462 e. The average molecular weight is 462 g/mol. The summed E-state index contributed by atoms with van der Waals surface area (Å²) >= 11 is 3.24. The molecule has 0 N–H and O–H groups in total. The fraction of sp³-hybridized carbons (Fsp3) is 0.190. The van der Waals surface area contributed by atoms with Gasteiger partial charge in [-0.1, -0.05) is 35.9 Å². The van der Waals surface area contributed by atoms with Gasteiger partial charge >= 0.3 is 5.97 Å². The van der Waals surface area contributed by atoms with Crippen molar-refractivity contribution in [3.8, 4) is 0 Å². The van der Waals surface area contributed by atoms with Crippen LogP contribution in [0.5, 0.6) is 0 Å². The van der Waals surface area contributed by atoms with E-state index in [0.717, 1.165) is 10.9 Å². The third kappa shape index (κ3) is 3.64. The molecular formula is C21H20BrNO4S. The number of hydrogen-bond donors (Lipinski definition) is 0. The van der Waals surface area contributed by atoms with Crippen LogP contribution in [-0.2, 0) is 19.6 Å². The monoisotopic (exact) mass is 461 g/mol. The molecule has 0 saturated heterocycles. The number of nitrogens with zero attached hydrogens (tertiary/aromatic N) is 1. The van der Waals surface area contributed by atoms with Crippen LogP contribution in [0.2, 0.25) is 0 Å². The predicted octanol–water partition coefficient (Wildman–Crippen LogP) is 4.79. The van der Waals surface area contributed by atoms with E-state index in [2.05, 4.69) is 15.9 Å². The summed E-state index contributed by atoms with van der Waals surface area (Å²) in [5.74, 6) is -0.500. The lowest BCUT2D eigenvalue weighted by Crippen LogP contribution is -2.14. The van der Waals surface area contributed by atoms with Crippen molar-refractivity contribution in [2.24, 2.45) is 0 Å². The fourth-order valence-corrected chi connectivity index (χ4v) is 4.97. The second-order valence-electron chi connectivity index (χ2n) is 6.31. The van der Waals surface area contributed by atoms with Crippen molar-refractivity contribution < 1.29 is 17.9 Å². The van der Waals surface area contributed by atoms with Gasteiger partial charge < -0.3 is 4.74 Å². The van der Waals surface area contributed by atoms with Crippen molar-refractivity contribution in [2.45, 2.75) is 25.7 Å². The van der Waals surface area contributed by atoms with Gasteiger partial charge in [0.2, 0.25) is 0 Å². The van der Waals surface area contributed by atoms with Crippen molar-refractivity contribution in [3.63, 3.8) is 0 Å². The second-order valence-corrected chi connectivity index (χ2v) is 8.95. The van der Waals surface area contributed by atoms with Gasteiger partial charge in [-0.05, 0) is 61.0 Å². The molecule has 0 aliphatic carbocycles. The highest BCUT2D eigenvalue weighted by atomic mass is 79.9. The molecule has 0 atom stereocenters. The molecule has 0 fully saturated rings. The van der Waals surface area contributed by atoms with Crippen molar-refractivity contribution in [3.05, 3.63) is 69.8 Å². The van der Waals surface area contributed by atoms with E-state index >= 15 is 0 Å². The third-order valence-corrected chi connectivity index (χ3v) is 6.78. The Bertz CT molecular complexity index is 1180. The van der Waals surface area contributed by atoms with Crippen molar-refractivity contribution in [1.29, 1.82) is 0 Å². The first-order valence-corrected chi connectivity index (χ1v) is 11.0. The molecule has 28 heavy (non-hydrogen) atoms. The number of halogens is 1. The zero-order valence-corrected chi connectivity index (χ0v) is 18.2. The van der Waals surface area contributed by atoms with Crippen LogP contribution in [0.25, 0.3) is 17.0 Å². The van der Waals surface area contributed by atoms with Gasteiger partial charge in [-0.25, -0.2) is 17.2 Å². The Labute approximate surface area is 172 Å². The molecule has 0 aliphatic heterocycles. The molecule has 2 aromatic carbocycles. The van der Waals surface area contributed by atoms with Crippen LogP contribution >= 0.6 is 15.9 Å². The molecule has 3 rings (SSSR count). The smallest absolute Gasteiger partial charge is 0.345 e. The average Bonchev–Trinajstić information content (AvgIpc) is 2.94.